The van der Waals surface area contributed by atoms with Gasteiger partial charge in [-0.1, -0.05) is 0 Å². The molecule has 0 N–H and O–H groups in total. The number of hydrogen-bond acceptors (Lipinski definition) is 3. The minimum Gasteiger partial charge on any atom is -0.482 e. The SMILES string of the molecule is CCOC(COc1c(F)cc(Br)c(F)c1F)OCC. The molecule has 0 aliphatic heterocycles. The summed E-state index contributed by atoms with van der Waals surface area (Å²) in [5.41, 5.74) is 0. The molecule has 0 aliphatic carbocycles. The summed E-state index contributed by atoms with van der Waals surface area (Å²) in [5, 5.41) is 0. The third kappa shape index (κ3) is 4.36. The van der Waals surface area contributed by atoms with Gasteiger partial charge in [-0.3, -0.25) is 0 Å². The first-order valence-corrected chi connectivity index (χ1v) is 6.49. The van der Waals surface area contributed by atoms with Gasteiger partial charge < -0.3 is 14.2 Å². The van der Waals surface area contributed by atoms with Crippen LogP contribution in [-0.2, 0) is 9.47 Å². The number of halogens is 4. The quantitative estimate of drug-likeness (QED) is 0.430. The van der Waals surface area contributed by atoms with Gasteiger partial charge in [0.25, 0.3) is 0 Å². The predicted octanol–water partition coefficient (Wildman–Crippen LogP) is 3.64. The molecule has 0 spiro atoms. The summed E-state index contributed by atoms with van der Waals surface area (Å²) in [4.78, 5) is 0. The summed E-state index contributed by atoms with van der Waals surface area (Å²) in [6, 6.07) is 0.796. The molecule has 1 rings (SSSR count). The first kappa shape index (κ1) is 16.3. The maximum absolute atomic E-state index is 13.5. The molecular weight excluding hydrogens is 329 g/mol. The fourth-order valence-electron chi connectivity index (χ4n) is 1.35. The predicted molar refractivity (Wildman–Crippen MR) is 66.6 cm³/mol. The number of hydrogen-bond donors (Lipinski definition) is 0. The van der Waals surface area contributed by atoms with Crippen molar-refractivity contribution in [2.75, 3.05) is 19.8 Å². The molecule has 0 saturated heterocycles. The second-order valence-electron chi connectivity index (χ2n) is 3.45. The highest BCUT2D eigenvalue weighted by atomic mass is 79.9. The second-order valence-corrected chi connectivity index (χ2v) is 4.30. The standard InChI is InChI=1S/C12H14BrF3O3/c1-3-17-9(18-4-2)6-19-12-8(14)5-7(13)10(15)11(12)16/h5,9H,3-4,6H2,1-2H3. The summed E-state index contributed by atoms with van der Waals surface area (Å²) in [6.45, 7) is 3.96. The lowest BCUT2D eigenvalue weighted by atomic mass is 10.3. The summed E-state index contributed by atoms with van der Waals surface area (Å²) in [7, 11) is 0. The maximum atomic E-state index is 13.5. The molecule has 0 heterocycles. The van der Waals surface area contributed by atoms with Crippen molar-refractivity contribution in [2.24, 2.45) is 0 Å². The lowest BCUT2D eigenvalue weighted by Gasteiger charge is -2.18. The van der Waals surface area contributed by atoms with Gasteiger partial charge in [-0.2, -0.15) is 4.39 Å². The zero-order chi connectivity index (χ0) is 14.4. The highest BCUT2D eigenvalue weighted by Gasteiger charge is 2.20. The van der Waals surface area contributed by atoms with E-state index in [1.165, 1.54) is 0 Å². The molecule has 7 heteroatoms. The Labute approximate surface area is 117 Å². The molecular formula is C12H14BrF3O3. The van der Waals surface area contributed by atoms with E-state index in [4.69, 9.17) is 14.2 Å². The smallest absolute Gasteiger partial charge is 0.204 e. The first-order valence-electron chi connectivity index (χ1n) is 5.70. The van der Waals surface area contributed by atoms with Gasteiger partial charge in [0.15, 0.2) is 23.7 Å². The molecule has 0 aliphatic rings. The monoisotopic (exact) mass is 342 g/mol. The third-order valence-electron chi connectivity index (χ3n) is 2.14. The Hall–Kier alpha value is -0.790. The van der Waals surface area contributed by atoms with Gasteiger partial charge >= 0.3 is 0 Å². The van der Waals surface area contributed by atoms with E-state index in [0.29, 0.717) is 13.2 Å². The van der Waals surface area contributed by atoms with Gasteiger partial charge in [-0.15, -0.1) is 0 Å². The Balaban J connectivity index is 2.79. The average molecular weight is 343 g/mol. The first-order chi connectivity index (χ1) is 9.01. The van der Waals surface area contributed by atoms with E-state index in [1.807, 2.05) is 0 Å². The molecule has 0 atom stereocenters. The molecule has 108 valence electrons. The van der Waals surface area contributed by atoms with Crippen molar-refractivity contribution in [3.8, 4) is 5.75 Å². The number of rotatable bonds is 7. The largest absolute Gasteiger partial charge is 0.482 e. The van der Waals surface area contributed by atoms with E-state index in [0.717, 1.165) is 6.07 Å². The van der Waals surface area contributed by atoms with E-state index in [-0.39, 0.29) is 11.1 Å². The summed E-state index contributed by atoms with van der Waals surface area (Å²) in [6.07, 6.45) is -0.763. The van der Waals surface area contributed by atoms with Crippen LogP contribution in [0.1, 0.15) is 13.8 Å². The van der Waals surface area contributed by atoms with Crippen molar-refractivity contribution in [3.63, 3.8) is 0 Å². The van der Waals surface area contributed by atoms with Gasteiger partial charge in [0.1, 0.15) is 6.61 Å². The lowest BCUT2D eigenvalue weighted by Crippen LogP contribution is -2.25. The van der Waals surface area contributed by atoms with Crippen molar-refractivity contribution in [1.82, 2.24) is 0 Å². The van der Waals surface area contributed by atoms with Crippen LogP contribution in [0.3, 0.4) is 0 Å². The van der Waals surface area contributed by atoms with E-state index in [9.17, 15) is 13.2 Å². The van der Waals surface area contributed by atoms with Crippen LogP contribution in [0.5, 0.6) is 5.75 Å². The molecule has 0 unspecified atom stereocenters. The van der Waals surface area contributed by atoms with E-state index in [1.54, 1.807) is 13.8 Å². The van der Waals surface area contributed by atoms with Crippen LogP contribution in [0.4, 0.5) is 13.2 Å². The normalized spacial score (nSPS) is 11.1. The van der Waals surface area contributed by atoms with E-state index >= 15 is 0 Å². The zero-order valence-corrected chi connectivity index (χ0v) is 12.1. The van der Waals surface area contributed by atoms with Crippen LogP contribution in [0.15, 0.2) is 10.5 Å². The highest BCUT2D eigenvalue weighted by Crippen LogP contribution is 2.29. The van der Waals surface area contributed by atoms with Crippen molar-refractivity contribution in [1.29, 1.82) is 0 Å². The van der Waals surface area contributed by atoms with Crippen molar-refractivity contribution < 1.29 is 27.4 Å². The van der Waals surface area contributed by atoms with Gasteiger partial charge in [-0.05, 0) is 35.8 Å². The van der Waals surface area contributed by atoms with Crippen molar-refractivity contribution >= 4 is 15.9 Å². The fraction of sp³-hybridized carbons (Fsp3) is 0.500. The van der Waals surface area contributed by atoms with Gasteiger partial charge in [0.2, 0.25) is 5.82 Å². The maximum Gasteiger partial charge on any atom is 0.204 e. The van der Waals surface area contributed by atoms with Crippen LogP contribution in [0.25, 0.3) is 0 Å². The Morgan fingerprint density at radius 1 is 1.11 bits per heavy atom. The molecule has 1 aromatic carbocycles. The average Bonchev–Trinajstić information content (AvgIpc) is 2.36. The van der Waals surface area contributed by atoms with Crippen LogP contribution in [0.2, 0.25) is 0 Å². The Bertz CT molecular complexity index is 423. The Morgan fingerprint density at radius 2 is 1.68 bits per heavy atom. The van der Waals surface area contributed by atoms with E-state index < -0.39 is 29.5 Å². The molecule has 0 radical (unpaired) electrons. The van der Waals surface area contributed by atoms with Gasteiger partial charge in [-0.25, -0.2) is 8.78 Å². The molecule has 3 nitrogen and oxygen atoms in total. The number of ether oxygens (including phenoxy) is 3. The molecule has 0 fully saturated rings. The Kier molecular flexibility index (Phi) is 6.60. The summed E-state index contributed by atoms with van der Waals surface area (Å²) >= 11 is 2.70. The molecule has 1 aromatic rings. The van der Waals surface area contributed by atoms with E-state index in [2.05, 4.69) is 15.9 Å². The number of benzene rings is 1. The lowest BCUT2D eigenvalue weighted by molar-refractivity contribution is -0.153. The highest BCUT2D eigenvalue weighted by molar-refractivity contribution is 9.10. The van der Waals surface area contributed by atoms with Crippen molar-refractivity contribution in [3.05, 3.63) is 28.0 Å². The van der Waals surface area contributed by atoms with Crippen molar-refractivity contribution in [2.45, 2.75) is 20.1 Å². The minimum absolute atomic E-state index is 0.239. The van der Waals surface area contributed by atoms with Gasteiger partial charge in [0, 0.05) is 13.2 Å². The summed E-state index contributed by atoms with van der Waals surface area (Å²) in [5.74, 6) is -4.39. The second kappa shape index (κ2) is 7.72. The molecule has 19 heavy (non-hydrogen) atoms. The van der Waals surface area contributed by atoms with Gasteiger partial charge in [0.05, 0.1) is 4.47 Å². The summed E-state index contributed by atoms with van der Waals surface area (Å²) < 4.78 is 55.1. The van der Waals surface area contributed by atoms with Crippen LogP contribution >= 0.6 is 15.9 Å². The van der Waals surface area contributed by atoms with Crippen LogP contribution < -0.4 is 4.74 Å². The fourth-order valence-corrected chi connectivity index (χ4v) is 1.72. The topological polar surface area (TPSA) is 27.7 Å². The molecule has 0 bridgehead atoms. The minimum atomic E-state index is -1.39. The zero-order valence-electron chi connectivity index (χ0n) is 10.5. The molecule has 0 amide bonds. The molecule has 0 saturated carbocycles. The third-order valence-corrected chi connectivity index (χ3v) is 2.72. The van der Waals surface area contributed by atoms with Crippen LogP contribution in [-0.4, -0.2) is 26.1 Å². The van der Waals surface area contributed by atoms with Crippen LogP contribution in [0, 0.1) is 17.5 Å². The molecule has 0 aromatic heterocycles. The Morgan fingerprint density at radius 3 is 2.21 bits per heavy atom.